The molecule has 0 aromatic heterocycles. The van der Waals surface area contributed by atoms with Crippen LogP contribution in [0, 0.1) is 0 Å². The summed E-state index contributed by atoms with van der Waals surface area (Å²) in [7, 11) is -1.32. The van der Waals surface area contributed by atoms with Crippen molar-refractivity contribution >= 4 is 51.7 Å². The standard InChI is InChI=1S/C14H30N4O2S2.HI/c1-5-18(22(4,19)20)10-6-9-16-14(15-2)17-12-7-8-13(11-12)21-3;/h12-13H,5-11H2,1-4H3,(H2,15,16,17);1H. The van der Waals surface area contributed by atoms with Gasteiger partial charge < -0.3 is 10.6 Å². The van der Waals surface area contributed by atoms with Crippen LogP contribution < -0.4 is 10.6 Å². The lowest BCUT2D eigenvalue weighted by molar-refractivity contribution is 0.424. The molecule has 1 aliphatic carbocycles. The van der Waals surface area contributed by atoms with Crippen LogP contribution in [0.15, 0.2) is 4.99 Å². The Bertz CT molecular complexity index is 460. The Hall–Kier alpha value is 0.260. The lowest BCUT2D eigenvalue weighted by Gasteiger charge is -2.19. The van der Waals surface area contributed by atoms with E-state index in [1.54, 1.807) is 7.05 Å². The molecule has 23 heavy (non-hydrogen) atoms. The summed E-state index contributed by atoms with van der Waals surface area (Å²) >= 11 is 1.94. The van der Waals surface area contributed by atoms with Crippen molar-refractivity contribution in [2.75, 3.05) is 39.2 Å². The molecule has 0 aliphatic heterocycles. The van der Waals surface area contributed by atoms with Crippen LogP contribution in [0.1, 0.15) is 32.6 Å². The van der Waals surface area contributed by atoms with Crippen molar-refractivity contribution in [3.8, 4) is 0 Å². The molecular weight excluding hydrogens is 447 g/mol. The molecule has 0 heterocycles. The minimum absolute atomic E-state index is 0. The smallest absolute Gasteiger partial charge is 0.211 e. The highest BCUT2D eigenvalue weighted by atomic mass is 127. The summed E-state index contributed by atoms with van der Waals surface area (Å²) in [5.41, 5.74) is 0. The number of nitrogens with zero attached hydrogens (tertiary/aromatic N) is 2. The molecule has 2 atom stereocenters. The van der Waals surface area contributed by atoms with Crippen LogP contribution in [-0.2, 0) is 10.0 Å². The lowest BCUT2D eigenvalue weighted by atomic mass is 10.2. The molecule has 1 aliphatic rings. The number of guanidine groups is 1. The first kappa shape index (κ1) is 23.3. The van der Waals surface area contributed by atoms with Gasteiger partial charge in [-0.2, -0.15) is 11.8 Å². The van der Waals surface area contributed by atoms with Gasteiger partial charge in [0.05, 0.1) is 6.26 Å². The summed E-state index contributed by atoms with van der Waals surface area (Å²) in [5, 5.41) is 7.48. The molecule has 2 unspecified atom stereocenters. The van der Waals surface area contributed by atoms with Crippen molar-refractivity contribution < 1.29 is 8.42 Å². The van der Waals surface area contributed by atoms with Crippen molar-refractivity contribution in [3.63, 3.8) is 0 Å². The molecule has 0 aromatic rings. The van der Waals surface area contributed by atoms with Crippen LogP contribution in [0.25, 0.3) is 0 Å². The molecule has 0 radical (unpaired) electrons. The van der Waals surface area contributed by atoms with Crippen molar-refractivity contribution in [1.29, 1.82) is 0 Å². The lowest BCUT2D eigenvalue weighted by Crippen LogP contribution is -2.43. The first-order valence-corrected chi connectivity index (χ1v) is 11.0. The molecule has 0 amide bonds. The number of rotatable bonds is 8. The van der Waals surface area contributed by atoms with Gasteiger partial charge in [0.15, 0.2) is 5.96 Å². The predicted molar refractivity (Wildman–Crippen MR) is 112 cm³/mol. The van der Waals surface area contributed by atoms with Gasteiger partial charge >= 0.3 is 0 Å². The van der Waals surface area contributed by atoms with Crippen LogP contribution >= 0.6 is 35.7 Å². The molecule has 1 rings (SSSR count). The van der Waals surface area contributed by atoms with Crippen molar-refractivity contribution in [1.82, 2.24) is 14.9 Å². The molecule has 0 aromatic carbocycles. The van der Waals surface area contributed by atoms with Gasteiger partial charge in [-0.3, -0.25) is 4.99 Å². The molecule has 1 fully saturated rings. The molecule has 138 valence electrons. The van der Waals surface area contributed by atoms with E-state index < -0.39 is 10.0 Å². The summed E-state index contributed by atoms with van der Waals surface area (Å²) in [6.07, 6.45) is 7.81. The van der Waals surface area contributed by atoms with Crippen molar-refractivity contribution in [3.05, 3.63) is 0 Å². The van der Waals surface area contributed by atoms with E-state index >= 15 is 0 Å². The molecule has 9 heteroatoms. The van der Waals surface area contributed by atoms with Gasteiger partial charge in [0.2, 0.25) is 10.0 Å². The van der Waals surface area contributed by atoms with Crippen LogP contribution in [0.4, 0.5) is 0 Å². The number of sulfonamides is 1. The van der Waals surface area contributed by atoms with Crippen molar-refractivity contribution in [2.24, 2.45) is 4.99 Å². The van der Waals surface area contributed by atoms with Crippen LogP contribution in [-0.4, -0.2) is 69.2 Å². The van der Waals surface area contributed by atoms with E-state index in [9.17, 15) is 8.42 Å². The summed E-state index contributed by atoms with van der Waals surface area (Å²) < 4.78 is 24.5. The Morgan fingerprint density at radius 2 is 2.09 bits per heavy atom. The quantitative estimate of drug-likeness (QED) is 0.241. The number of aliphatic imine (C=N–C) groups is 1. The maximum Gasteiger partial charge on any atom is 0.211 e. The SMILES string of the molecule is CCN(CCCNC(=NC)NC1CCC(SC)C1)S(C)(=O)=O.I. The fraction of sp³-hybridized carbons (Fsp3) is 0.929. The molecule has 0 saturated heterocycles. The van der Waals surface area contributed by atoms with Crippen LogP contribution in [0.2, 0.25) is 0 Å². The fourth-order valence-corrected chi connectivity index (χ4v) is 4.42. The van der Waals surface area contributed by atoms with E-state index in [0.29, 0.717) is 25.7 Å². The number of hydrogen-bond acceptors (Lipinski definition) is 4. The van der Waals surface area contributed by atoms with Gasteiger partial charge in [0.25, 0.3) is 0 Å². The second kappa shape index (κ2) is 11.8. The normalized spacial score (nSPS) is 22.0. The average Bonchev–Trinajstić information content (AvgIpc) is 2.92. The van der Waals surface area contributed by atoms with E-state index in [-0.39, 0.29) is 24.0 Å². The third-order valence-corrected chi connectivity index (χ3v) is 6.45. The summed E-state index contributed by atoms with van der Waals surface area (Å²) in [6.45, 7) is 3.63. The number of halogens is 1. The Balaban J connectivity index is 0.00000484. The first-order chi connectivity index (χ1) is 10.4. The molecule has 0 bridgehead atoms. The van der Waals surface area contributed by atoms with Gasteiger partial charge in [0.1, 0.15) is 0 Å². The van der Waals surface area contributed by atoms with Gasteiger partial charge in [-0.1, -0.05) is 6.92 Å². The van der Waals surface area contributed by atoms with E-state index in [1.807, 2.05) is 18.7 Å². The second-order valence-electron chi connectivity index (χ2n) is 5.62. The predicted octanol–water partition coefficient (Wildman–Crippen LogP) is 1.73. The molecule has 6 nitrogen and oxygen atoms in total. The van der Waals surface area contributed by atoms with Gasteiger partial charge in [-0.15, -0.1) is 24.0 Å². The fourth-order valence-electron chi connectivity index (χ4n) is 2.69. The largest absolute Gasteiger partial charge is 0.356 e. The number of thioether (sulfide) groups is 1. The Morgan fingerprint density at radius 1 is 1.39 bits per heavy atom. The van der Waals surface area contributed by atoms with E-state index in [0.717, 1.165) is 17.6 Å². The number of nitrogens with one attached hydrogen (secondary N) is 2. The third kappa shape index (κ3) is 8.78. The maximum absolute atomic E-state index is 11.5. The Kier molecular flexibility index (Phi) is 11.9. The van der Waals surface area contributed by atoms with Gasteiger partial charge in [-0.25, -0.2) is 12.7 Å². The molecule has 2 N–H and O–H groups in total. The third-order valence-electron chi connectivity index (χ3n) is 3.98. The Labute approximate surface area is 162 Å². The zero-order chi connectivity index (χ0) is 16.6. The van der Waals surface area contributed by atoms with Crippen molar-refractivity contribution in [2.45, 2.75) is 43.9 Å². The summed E-state index contributed by atoms with van der Waals surface area (Å²) in [5.74, 6) is 0.814. The number of hydrogen-bond donors (Lipinski definition) is 2. The first-order valence-electron chi connectivity index (χ1n) is 7.85. The van der Waals surface area contributed by atoms with E-state index in [2.05, 4.69) is 21.9 Å². The average molecular weight is 478 g/mol. The zero-order valence-corrected chi connectivity index (χ0v) is 18.5. The van der Waals surface area contributed by atoms with Gasteiger partial charge in [0, 0.05) is 38.0 Å². The van der Waals surface area contributed by atoms with Gasteiger partial charge in [-0.05, 0) is 31.9 Å². The Morgan fingerprint density at radius 3 is 2.57 bits per heavy atom. The molecule has 0 spiro atoms. The second-order valence-corrected chi connectivity index (χ2v) is 8.74. The highest BCUT2D eigenvalue weighted by molar-refractivity contribution is 14.0. The van der Waals surface area contributed by atoms with E-state index in [4.69, 9.17) is 0 Å². The minimum Gasteiger partial charge on any atom is -0.356 e. The van der Waals surface area contributed by atoms with Crippen LogP contribution in [0.3, 0.4) is 0 Å². The monoisotopic (exact) mass is 478 g/mol. The maximum atomic E-state index is 11.5. The van der Waals surface area contributed by atoms with Crippen LogP contribution in [0.5, 0.6) is 0 Å². The van der Waals surface area contributed by atoms with E-state index in [1.165, 1.54) is 29.8 Å². The minimum atomic E-state index is -3.09. The highest BCUT2D eigenvalue weighted by Crippen LogP contribution is 2.27. The molecule has 1 saturated carbocycles. The molecular formula is C14H31IN4O2S2. The topological polar surface area (TPSA) is 73.8 Å². The highest BCUT2D eigenvalue weighted by Gasteiger charge is 2.24. The summed E-state index contributed by atoms with van der Waals surface area (Å²) in [6, 6.07) is 0.492. The summed E-state index contributed by atoms with van der Waals surface area (Å²) in [4.78, 5) is 4.24. The zero-order valence-electron chi connectivity index (χ0n) is 14.5.